The Labute approximate surface area is 81.0 Å². The van der Waals surface area contributed by atoms with Gasteiger partial charge in [-0.1, -0.05) is 19.3 Å². The number of halogens is 2. The van der Waals surface area contributed by atoms with Crippen LogP contribution in [-0.2, 0) is 0 Å². The van der Waals surface area contributed by atoms with E-state index in [9.17, 15) is 4.39 Å². The van der Waals surface area contributed by atoms with Crippen LogP contribution in [0.3, 0.4) is 0 Å². The average molecular weight is 233 g/mol. The van der Waals surface area contributed by atoms with Gasteiger partial charge in [-0.25, -0.2) is 4.39 Å². The van der Waals surface area contributed by atoms with Crippen LogP contribution in [0.4, 0.5) is 4.39 Å². The standard InChI is InChI=1S/C10H14BrF/c11-10(12)8(9(10)6-7-9)4-2-1-3-5-8/h1-7H2. The van der Waals surface area contributed by atoms with Crippen LogP contribution in [0.15, 0.2) is 0 Å². The molecule has 0 aliphatic heterocycles. The third kappa shape index (κ3) is 0.564. The van der Waals surface area contributed by atoms with Crippen LogP contribution in [0, 0.1) is 10.8 Å². The molecule has 3 aliphatic carbocycles. The molecule has 0 aromatic heterocycles. The molecule has 0 bridgehead atoms. The third-order valence-corrected chi connectivity index (χ3v) is 6.03. The summed E-state index contributed by atoms with van der Waals surface area (Å²) in [6.07, 6.45) is 8.35. The summed E-state index contributed by atoms with van der Waals surface area (Å²) in [6, 6.07) is 0. The summed E-state index contributed by atoms with van der Waals surface area (Å²) in [7, 11) is 0. The van der Waals surface area contributed by atoms with Crippen molar-refractivity contribution in [3.05, 3.63) is 0 Å². The minimum absolute atomic E-state index is 0.0816. The second kappa shape index (κ2) is 1.92. The van der Waals surface area contributed by atoms with E-state index in [2.05, 4.69) is 15.9 Å². The maximum Gasteiger partial charge on any atom is 0.177 e. The van der Waals surface area contributed by atoms with E-state index in [4.69, 9.17) is 0 Å². The highest BCUT2D eigenvalue weighted by atomic mass is 79.9. The Hall–Kier alpha value is 0.410. The van der Waals surface area contributed by atoms with Crippen LogP contribution in [-0.4, -0.2) is 4.58 Å². The highest BCUT2D eigenvalue weighted by Gasteiger charge is 2.91. The molecule has 0 amide bonds. The quantitative estimate of drug-likeness (QED) is 0.558. The van der Waals surface area contributed by atoms with Crippen molar-refractivity contribution in [3.8, 4) is 0 Å². The van der Waals surface area contributed by atoms with Crippen molar-refractivity contribution in [2.24, 2.45) is 10.8 Å². The van der Waals surface area contributed by atoms with Gasteiger partial charge in [0, 0.05) is 10.8 Å². The Morgan fingerprint density at radius 2 is 1.33 bits per heavy atom. The second-order valence-corrected chi connectivity index (χ2v) is 5.89. The van der Waals surface area contributed by atoms with E-state index in [-0.39, 0.29) is 10.8 Å². The molecular weight excluding hydrogens is 219 g/mol. The summed E-state index contributed by atoms with van der Waals surface area (Å²) >= 11 is 3.32. The van der Waals surface area contributed by atoms with Crippen molar-refractivity contribution in [2.75, 3.05) is 0 Å². The Kier molecular flexibility index (Phi) is 1.24. The first kappa shape index (κ1) is 7.78. The summed E-state index contributed by atoms with van der Waals surface area (Å²) < 4.78 is 13.1. The highest BCUT2D eigenvalue weighted by molar-refractivity contribution is 9.10. The fourth-order valence-electron chi connectivity index (χ4n) is 3.61. The molecule has 12 heavy (non-hydrogen) atoms. The van der Waals surface area contributed by atoms with Crippen molar-refractivity contribution in [1.82, 2.24) is 0 Å². The zero-order valence-electron chi connectivity index (χ0n) is 7.21. The molecule has 0 saturated heterocycles. The number of hydrogen-bond acceptors (Lipinski definition) is 0. The maximum absolute atomic E-state index is 14.1. The Bertz CT molecular complexity index is 218. The zero-order valence-corrected chi connectivity index (χ0v) is 8.79. The average Bonchev–Trinajstić information content (AvgIpc) is 2.91. The molecule has 0 N–H and O–H groups in total. The lowest BCUT2D eigenvalue weighted by atomic mass is 9.83. The number of fused-ring (bicyclic) bond motifs is 1. The van der Waals surface area contributed by atoms with Crippen LogP contribution in [0.25, 0.3) is 0 Å². The lowest BCUT2D eigenvalue weighted by molar-refractivity contribution is 0.250. The van der Waals surface area contributed by atoms with Gasteiger partial charge in [0.15, 0.2) is 4.58 Å². The topological polar surface area (TPSA) is 0 Å². The molecule has 2 spiro atoms. The van der Waals surface area contributed by atoms with Crippen LogP contribution >= 0.6 is 15.9 Å². The predicted octanol–water partition coefficient (Wildman–Crippen LogP) is 3.79. The summed E-state index contributed by atoms with van der Waals surface area (Å²) in [5, 5.41) is 0. The highest BCUT2D eigenvalue weighted by Crippen LogP contribution is 2.91. The van der Waals surface area contributed by atoms with Crippen molar-refractivity contribution in [1.29, 1.82) is 0 Å². The molecular formula is C10H14BrF. The van der Waals surface area contributed by atoms with Gasteiger partial charge in [0.25, 0.3) is 0 Å². The van der Waals surface area contributed by atoms with E-state index in [1.54, 1.807) is 0 Å². The molecule has 2 heteroatoms. The predicted molar refractivity (Wildman–Crippen MR) is 50.0 cm³/mol. The van der Waals surface area contributed by atoms with Crippen LogP contribution < -0.4 is 0 Å². The molecule has 3 saturated carbocycles. The molecule has 3 rings (SSSR count). The molecule has 1 atom stereocenters. The van der Waals surface area contributed by atoms with Gasteiger partial charge in [-0.2, -0.15) is 0 Å². The Morgan fingerprint density at radius 1 is 0.833 bits per heavy atom. The summed E-state index contributed by atoms with van der Waals surface area (Å²) in [5.74, 6) is 0. The Morgan fingerprint density at radius 3 is 1.75 bits per heavy atom. The first-order chi connectivity index (χ1) is 5.66. The van der Waals surface area contributed by atoms with E-state index in [0.29, 0.717) is 0 Å². The van der Waals surface area contributed by atoms with E-state index in [1.165, 1.54) is 19.3 Å². The van der Waals surface area contributed by atoms with Gasteiger partial charge >= 0.3 is 0 Å². The van der Waals surface area contributed by atoms with E-state index in [1.807, 2.05) is 0 Å². The maximum atomic E-state index is 14.1. The molecule has 0 aromatic carbocycles. The van der Waals surface area contributed by atoms with Crippen LogP contribution in [0.2, 0.25) is 0 Å². The number of hydrogen-bond donors (Lipinski definition) is 0. The molecule has 3 aliphatic rings. The minimum atomic E-state index is -0.965. The van der Waals surface area contributed by atoms with Gasteiger partial charge in [0.1, 0.15) is 0 Å². The summed E-state index contributed by atoms with van der Waals surface area (Å²) in [4.78, 5) is 0. The largest absolute Gasteiger partial charge is 0.230 e. The minimum Gasteiger partial charge on any atom is -0.230 e. The first-order valence-electron chi connectivity index (χ1n) is 5.04. The van der Waals surface area contributed by atoms with E-state index < -0.39 is 4.58 Å². The monoisotopic (exact) mass is 232 g/mol. The molecule has 68 valence electrons. The summed E-state index contributed by atoms with van der Waals surface area (Å²) in [6.45, 7) is 0. The normalized spacial score (nSPS) is 46.5. The SMILES string of the molecule is FC1(Br)C2(CCCCC2)C12CC2. The van der Waals surface area contributed by atoms with Gasteiger partial charge in [-0.3, -0.25) is 0 Å². The third-order valence-electron chi connectivity index (χ3n) is 4.51. The van der Waals surface area contributed by atoms with Gasteiger partial charge in [-0.15, -0.1) is 0 Å². The van der Waals surface area contributed by atoms with Crippen LogP contribution in [0.5, 0.6) is 0 Å². The number of rotatable bonds is 0. The lowest BCUT2D eigenvalue weighted by Gasteiger charge is -2.22. The van der Waals surface area contributed by atoms with Gasteiger partial charge in [0.05, 0.1) is 0 Å². The van der Waals surface area contributed by atoms with Crippen LogP contribution in [0.1, 0.15) is 44.9 Å². The fraction of sp³-hybridized carbons (Fsp3) is 1.00. The first-order valence-corrected chi connectivity index (χ1v) is 5.84. The van der Waals surface area contributed by atoms with E-state index >= 15 is 0 Å². The molecule has 3 fully saturated rings. The molecule has 1 unspecified atom stereocenters. The van der Waals surface area contributed by atoms with Gasteiger partial charge in [-0.05, 0) is 41.6 Å². The van der Waals surface area contributed by atoms with Crippen molar-refractivity contribution in [2.45, 2.75) is 49.5 Å². The van der Waals surface area contributed by atoms with E-state index in [0.717, 1.165) is 25.7 Å². The van der Waals surface area contributed by atoms with Crippen molar-refractivity contribution >= 4 is 15.9 Å². The zero-order chi connectivity index (χ0) is 8.45. The molecule has 0 radical (unpaired) electrons. The van der Waals surface area contributed by atoms with Crippen molar-refractivity contribution < 1.29 is 4.39 Å². The molecule has 0 nitrogen and oxygen atoms in total. The smallest absolute Gasteiger partial charge is 0.177 e. The van der Waals surface area contributed by atoms with Gasteiger partial charge in [0.2, 0.25) is 0 Å². The second-order valence-electron chi connectivity index (χ2n) is 4.80. The fourth-order valence-corrected chi connectivity index (χ4v) is 5.06. The molecule has 0 heterocycles. The molecule has 0 aromatic rings. The summed E-state index contributed by atoms with van der Waals surface area (Å²) in [5.41, 5.74) is 0.193. The van der Waals surface area contributed by atoms with Gasteiger partial charge < -0.3 is 0 Å². The Balaban J connectivity index is 1.93. The van der Waals surface area contributed by atoms with Crippen molar-refractivity contribution in [3.63, 3.8) is 0 Å². The lowest BCUT2D eigenvalue weighted by Crippen LogP contribution is -2.14. The number of alkyl halides is 2.